The Balaban J connectivity index is 1.48. The predicted octanol–water partition coefficient (Wildman–Crippen LogP) is 3.79. The number of nitrogens with two attached hydrogens (primary N) is 1. The number of hydrogen-bond acceptors (Lipinski definition) is 7. The summed E-state index contributed by atoms with van der Waals surface area (Å²) in [7, 11) is 0. The summed E-state index contributed by atoms with van der Waals surface area (Å²) in [6, 6.07) is 20.7. The highest BCUT2D eigenvalue weighted by molar-refractivity contribution is 6.34. The van der Waals surface area contributed by atoms with Gasteiger partial charge in [0.15, 0.2) is 5.69 Å². The monoisotopic (exact) mass is 499 g/mol. The quantitative estimate of drug-likeness (QED) is 0.277. The van der Waals surface area contributed by atoms with Crippen LogP contribution in [0.1, 0.15) is 20.8 Å². The highest BCUT2D eigenvalue weighted by atomic mass is 35.5. The van der Waals surface area contributed by atoms with Crippen molar-refractivity contribution in [3.05, 3.63) is 95.4 Å². The van der Waals surface area contributed by atoms with Crippen LogP contribution in [0.15, 0.2) is 79.1 Å². The number of carbonyl (C=O) groups excluding carboxylic acids is 2. The number of aromatic nitrogens is 6. The molecular weight excluding hydrogens is 482 g/mol. The van der Waals surface area contributed by atoms with Crippen molar-refractivity contribution in [3.63, 3.8) is 0 Å². The van der Waals surface area contributed by atoms with Gasteiger partial charge in [-0.25, -0.2) is 14.6 Å². The summed E-state index contributed by atoms with van der Waals surface area (Å²) in [4.78, 5) is 34.2. The summed E-state index contributed by atoms with van der Waals surface area (Å²) in [6.07, 6.45) is 1.33. The molecule has 0 saturated carbocycles. The molecule has 36 heavy (non-hydrogen) atoms. The number of pyridine rings is 1. The fourth-order valence-electron chi connectivity index (χ4n) is 3.44. The lowest BCUT2D eigenvalue weighted by Crippen LogP contribution is -2.16. The number of H-pyrrole nitrogens is 1. The summed E-state index contributed by atoms with van der Waals surface area (Å²) >= 11 is 6.36. The summed E-state index contributed by atoms with van der Waals surface area (Å²) < 4.78 is 1.45. The number of hydrogen-bond donors (Lipinski definition) is 4. The largest absolute Gasteiger partial charge is 0.384 e. The van der Waals surface area contributed by atoms with Crippen molar-refractivity contribution < 1.29 is 9.59 Å². The van der Waals surface area contributed by atoms with E-state index < -0.39 is 11.8 Å². The number of nitrogens with zero attached hydrogens (tertiary/aromatic N) is 5. The van der Waals surface area contributed by atoms with Crippen molar-refractivity contribution in [2.75, 3.05) is 16.4 Å². The van der Waals surface area contributed by atoms with E-state index in [1.807, 2.05) is 18.2 Å². The number of nitrogen functional groups attached to an aromatic ring is 1. The van der Waals surface area contributed by atoms with Gasteiger partial charge in [-0.05, 0) is 36.4 Å². The smallest absolute Gasteiger partial charge is 0.278 e. The second kappa shape index (κ2) is 9.68. The molecule has 0 aliphatic rings. The van der Waals surface area contributed by atoms with Crippen LogP contribution in [0.3, 0.4) is 0 Å². The second-order valence-corrected chi connectivity index (χ2v) is 7.94. The number of carbonyl (C=O) groups is 2. The van der Waals surface area contributed by atoms with Gasteiger partial charge in [-0.15, -0.1) is 5.10 Å². The van der Waals surface area contributed by atoms with Crippen LogP contribution in [-0.2, 0) is 0 Å². The molecule has 0 aliphatic carbocycles. The van der Waals surface area contributed by atoms with Gasteiger partial charge < -0.3 is 11.1 Å². The van der Waals surface area contributed by atoms with Crippen molar-refractivity contribution >= 4 is 41.0 Å². The lowest BCUT2D eigenvalue weighted by atomic mass is 10.1. The van der Waals surface area contributed by atoms with Crippen LogP contribution in [0, 0.1) is 0 Å². The Kier molecular flexibility index (Phi) is 6.12. The SMILES string of the molecule is Nc1cccc(-c2ccc(Cl)c(C(=O)Nc3cc(C(=O)Nc4nc[nH]n4)nn3-c3ccccc3)c2)n1. The first-order valence-corrected chi connectivity index (χ1v) is 11.0. The van der Waals surface area contributed by atoms with Gasteiger partial charge >= 0.3 is 0 Å². The minimum absolute atomic E-state index is 0.0442. The summed E-state index contributed by atoms with van der Waals surface area (Å²) in [5, 5.41) is 16.3. The lowest BCUT2D eigenvalue weighted by molar-refractivity contribution is 0.101. The fourth-order valence-corrected chi connectivity index (χ4v) is 3.64. The molecular formula is C24H18ClN9O2. The maximum Gasteiger partial charge on any atom is 0.278 e. The highest BCUT2D eigenvalue weighted by Crippen LogP contribution is 2.26. The predicted molar refractivity (Wildman–Crippen MR) is 135 cm³/mol. The maximum absolute atomic E-state index is 13.3. The fraction of sp³-hybridized carbons (Fsp3) is 0. The Morgan fingerprint density at radius 3 is 2.53 bits per heavy atom. The topological polar surface area (TPSA) is 156 Å². The molecule has 0 fully saturated rings. The molecule has 0 atom stereocenters. The van der Waals surface area contributed by atoms with E-state index in [2.05, 4.69) is 35.9 Å². The molecule has 2 aromatic carbocycles. The summed E-state index contributed by atoms with van der Waals surface area (Å²) in [6.45, 7) is 0. The van der Waals surface area contributed by atoms with Gasteiger partial charge in [0, 0.05) is 11.6 Å². The average Bonchev–Trinajstić information content (AvgIpc) is 3.55. The molecule has 3 heterocycles. The van der Waals surface area contributed by atoms with Gasteiger partial charge in [0.25, 0.3) is 11.8 Å². The number of anilines is 3. The van der Waals surface area contributed by atoms with E-state index in [0.29, 0.717) is 22.8 Å². The molecule has 5 aromatic rings. The second-order valence-electron chi connectivity index (χ2n) is 7.54. The molecule has 3 aromatic heterocycles. The molecule has 0 aliphatic heterocycles. The molecule has 178 valence electrons. The van der Waals surface area contributed by atoms with E-state index in [1.165, 1.54) is 17.1 Å². The Hall–Kier alpha value is -5.03. The van der Waals surface area contributed by atoms with E-state index in [4.69, 9.17) is 17.3 Å². The van der Waals surface area contributed by atoms with Gasteiger partial charge in [-0.2, -0.15) is 5.10 Å². The first-order valence-electron chi connectivity index (χ1n) is 10.6. The highest BCUT2D eigenvalue weighted by Gasteiger charge is 2.20. The molecule has 5 N–H and O–H groups in total. The molecule has 0 unspecified atom stereocenters. The average molecular weight is 500 g/mol. The van der Waals surface area contributed by atoms with E-state index in [0.717, 1.165) is 0 Å². The molecule has 12 heteroatoms. The van der Waals surface area contributed by atoms with Crippen LogP contribution < -0.4 is 16.4 Å². The maximum atomic E-state index is 13.3. The van der Waals surface area contributed by atoms with E-state index in [-0.39, 0.29) is 28.0 Å². The van der Waals surface area contributed by atoms with Gasteiger partial charge in [0.05, 0.1) is 22.0 Å². The molecule has 0 bridgehead atoms. The van der Waals surface area contributed by atoms with Crippen molar-refractivity contribution in [3.8, 4) is 16.9 Å². The number of rotatable bonds is 6. The third kappa shape index (κ3) is 4.76. The van der Waals surface area contributed by atoms with Gasteiger partial charge in [-0.3, -0.25) is 20.0 Å². The summed E-state index contributed by atoms with van der Waals surface area (Å²) in [5.41, 5.74) is 7.95. The third-order valence-electron chi connectivity index (χ3n) is 5.10. The number of benzene rings is 2. The van der Waals surface area contributed by atoms with Crippen LogP contribution in [0.25, 0.3) is 16.9 Å². The van der Waals surface area contributed by atoms with Crippen LogP contribution in [0.2, 0.25) is 5.02 Å². The number of para-hydroxylation sites is 1. The Morgan fingerprint density at radius 2 is 1.78 bits per heavy atom. The zero-order chi connectivity index (χ0) is 25.1. The zero-order valence-electron chi connectivity index (χ0n) is 18.5. The number of amides is 2. The van der Waals surface area contributed by atoms with Crippen molar-refractivity contribution in [1.29, 1.82) is 0 Å². The van der Waals surface area contributed by atoms with E-state index >= 15 is 0 Å². The number of nitrogens with one attached hydrogen (secondary N) is 3. The molecule has 5 rings (SSSR count). The first kappa shape index (κ1) is 22.7. The molecule has 11 nitrogen and oxygen atoms in total. The standard InChI is InChI=1S/C24H18ClN9O2/c25-17-10-9-14(18-7-4-8-20(26)29-18)11-16(17)22(35)30-21-12-19(23(36)31-24-27-13-28-32-24)33-34(21)15-5-2-1-3-6-15/h1-13H,(H2,26,29)(H,30,35)(H2,27,28,31,32,36). The molecule has 0 spiro atoms. The zero-order valence-corrected chi connectivity index (χ0v) is 19.3. The Labute approximate surface area is 209 Å². The van der Waals surface area contributed by atoms with Crippen molar-refractivity contribution in [2.45, 2.75) is 0 Å². The van der Waals surface area contributed by atoms with Crippen LogP contribution in [-0.4, -0.2) is 41.8 Å². The third-order valence-corrected chi connectivity index (χ3v) is 5.43. The number of aromatic amines is 1. The Morgan fingerprint density at radius 1 is 0.944 bits per heavy atom. The number of halogens is 1. The molecule has 0 saturated heterocycles. The van der Waals surface area contributed by atoms with Crippen molar-refractivity contribution in [2.24, 2.45) is 0 Å². The van der Waals surface area contributed by atoms with E-state index in [9.17, 15) is 9.59 Å². The van der Waals surface area contributed by atoms with E-state index in [1.54, 1.807) is 48.5 Å². The van der Waals surface area contributed by atoms with Crippen LogP contribution in [0.4, 0.5) is 17.6 Å². The first-order chi connectivity index (χ1) is 17.5. The normalized spacial score (nSPS) is 10.7. The molecule has 2 amide bonds. The summed E-state index contributed by atoms with van der Waals surface area (Å²) in [5.74, 6) is -0.333. The van der Waals surface area contributed by atoms with Gasteiger partial charge in [0.2, 0.25) is 5.95 Å². The van der Waals surface area contributed by atoms with Gasteiger partial charge in [0.1, 0.15) is 18.0 Å². The van der Waals surface area contributed by atoms with Gasteiger partial charge in [-0.1, -0.05) is 41.9 Å². The Bertz CT molecular complexity index is 1550. The lowest BCUT2D eigenvalue weighted by Gasteiger charge is -2.11. The molecule has 0 radical (unpaired) electrons. The van der Waals surface area contributed by atoms with Crippen LogP contribution in [0.5, 0.6) is 0 Å². The minimum Gasteiger partial charge on any atom is -0.384 e. The minimum atomic E-state index is -0.549. The van der Waals surface area contributed by atoms with Crippen molar-refractivity contribution in [1.82, 2.24) is 29.9 Å². The van der Waals surface area contributed by atoms with Crippen LogP contribution >= 0.6 is 11.6 Å².